The Morgan fingerprint density at radius 3 is 2.50 bits per heavy atom. The molecule has 16 heavy (non-hydrogen) atoms. The Kier molecular flexibility index (Phi) is 16.6. The van der Waals surface area contributed by atoms with Gasteiger partial charge in [0.05, 0.1) is 0 Å². The molecule has 0 aliphatic rings. The van der Waals surface area contributed by atoms with Crippen LogP contribution in [-0.2, 0) is 9.53 Å². The summed E-state index contributed by atoms with van der Waals surface area (Å²) < 4.78 is 4.89. The molecule has 0 heterocycles. The maximum absolute atomic E-state index is 11.3. The van der Waals surface area contributed by atoms with E-state index in [2.05, 4.69) is 5.32 Å². The highest BCUT2D eigenvalue weighted by molar-refractivity contribution is 5.85. The minimum atomic E-state index is 0. The second-order valence-corrected chi connectivity index (χ2v) is 3.65. The van der Waals surface area contributed by atoms with E-state index < -0.39 is 0 Å². The predicted octanol–water partition coefficient (Wildman–Crippen LogP) is 1.47. The van der Waals surface area contributed by atoms with Gasteiger partial charge in [-0.15, -0.1) is 12.4 Å². The quantitative estimate of drug-likeness (QED) is 0.579. The zero-order valence-electron chi connectivity index (χ0n) is 10.2. The highest BCUT2D eigenvalue weighted by atomic mass is 35.5. The lowest BCUT2D eigenvalue weighted by molar-refractivity contribution is -0.121. The molecule has 0 spiro atoms. The number of nitrogens with two attached hydrogens (primary N) is 1. The summed E-state index contributed by atoms with van der Waals surface area (Å²) >= 11 is 0. The van der Waals surface area contributed by atoms with Gasteiger partial charge < -0.3 is 15.8 Å². The van der Waals surface area contributed by atoms with Gasteiger partial charge in [-0.2, -0.15) is 0 Å². The fourth-order valence-electron chi connectivity index (χ4n) is 1.32. The number of carbonyl (C=O) groups excluding carboxylic acids is 1. The number of ether oxygens (including phenoxy) is 1. The molecule has 5 heteroatoms. The zero-order valence-corrected chi connectivity index (χ0v) is 11.0. The van der Waals surface area contributed by atoms with Crippen LogP contribution in [0.2, 0.25) is 0 Å². The van der Waals surface area contributed by atoms with Crippen molar-refractivity contribution in [1.29, 1.82) is 0 Å². The number of hydrogen-bond acceptors (Lipinski definition) is 3. The lowest BCUT2D eigenvalue weighted by Crippen LogP contribution is -2.24. The van der Waals surface area contributed by atoms with Crippen LogP contribution < -0.4 is 11.1 Å². The molecule has 0 aromatic carbocycles. The Bertz CT molecular complexity index is 157. The summed E-state index contributed by atoms with van der Waals surface area (Å²) in [7, 11) is 1.67. The van der Waals surface area contributed by atoms with E-state index in [1.165, 1.54) is 0 Å². The molecular weight excluding hydrogens is 228 g/mol. The Morgan fingerprint density at radius 2 is 1.88 bits per heavy atom. The summed E-state index contributed by atoms with van der Waals surface area (Å²) in [4.78, 5) is 11.3. The Labute approximate surface area is 105 Å². The normalized spacial score (nSPS) is 9.62. The third-order valence-corrected chi connectivity index (χ3v) is 2.21. The van der Waals surface area contributed by atoms with Gasteiger partial charge in [0.25, 0.3) is 0 Å². The van der Waals surface area contributed by atoms with Crippen LogP contribution in [0.25, 0.3) is 0 Å². The molecule has 0 bridgehead atoms. The van der Waals surface area contributed by atoms with Crippen molar-refractivity contribution >= 4 is 18.3 Å². The van der Waals surface area contributed by atoms with Gasteiger partial charge >= 0.3 is 0 Å². The van der Waals surface area contributed by atoms with Crippen LogP contribution in [-0.4, -0.2) is 32.7 Å². The molecule has 0 saturated carbocycles. The van der Waals surface area contributed by atoms with Gasteiger partial charge in [-0.3, -0.25) is 4.79 Å². The average Bonchev–Trinajstić information content (AvgIpc) is 2.24. The number of methoxy groups -OCH3 is 1. The van der Waals surface area contributed by atoms with E-state index in [0.29, 0.717) is 13.0 Å². The number of carbonyl (C=O) groups is 1. The SMILES string of the molecule is COCCCNC(=O)CCCCCCN.Cl. The summed E-state index contributed by atoms with van der Waals surface area (Å²) in [5.74, 6) is 0.152. The van der Waals surface area contributed by atoms with Crippen LogP contribution in [0, 0.1) is 0 Å². The van der Waals surface area contributed by atoms with Gasteiger partial charge in [-0.05, 0) is 25.8 Å². The van der Waals surface area contributed by atoms with Crippen molar-refractivity contribution in [3.05, 3.63) is 0 Å². The summed E-state index contributed by atoms with van der Waals surface area (Å²) in [6.45, 7) is 2.18. The Morgan fingerprint density at radius 1 is 1.19 bits per heavy atom. The molecule has 3 N–H and O–H groups in total. The van der Waals surface area contributed by atoms with Gasteiger partial charge in [-0.1, -0.05) is 12.8 Å². The number of hydrogen-bond donors (Lipinski definition) is 2. The van der Waals surface area contributed by atoms with Crippen molar-refractivity contribution in [2.75, 3.05) is 26.8 Å². The molecule has 0 unspecified atom stereocenters. The van der Waals surface area contributed by atoms with Gasteiger partial charge in [0.1, 0.15) is 0 Å². The monoisotopic (exact) mass is 252 g/mol. The van der Waals surface area contributed by atoms with E-state index in [1.54, 1.807) is 7.11 Å². The van der Waals surface area contributed by atoms with Gasteiger partial charge in [0.15, 0.2) is 0 Å². The highest BCUT2D eigenvalue weighted by Crippen LogP contribution is 2.01. The molecule has 98 valence electrons. The molecule has 0 atom stereocenters. The first-order valence-corrected chi connectivity index (χ1v) is 5.77. The van der Waals surface area contributed by atoms with Crippen LogP contribution in [0.3, 0.4) is 0 Å². The number of halogens is 1. The third kappa shape index (κ3) is 13.7. The van der Waals surface area contributed by atoms with Crippen molar-refractivity contribution in [3.8, 4) is 0 Å². The van der Waals surface area contributed by atoms with Crippen LogP contribution >= 0.6 is 12.4 Å². The molecule has 1 amide bonds. The molecule has 0 saturated heterocycles. The molecule has 0 radical (unpaired) electrons. The summed E-state index contributed by atoms with van der Waals surface area (Å²) in [6.07, 6.45) is 5.79. The zero-order chi connectivity index (χ0) is 11.4. The molecule has 4 nitrogen and oxygen atoms in total. The number of nitrogens with one attached hydrogen (secondary N) is 1. The van der Waals surface area contributed by atoms with Gasteiger partial charge in [-0.25, -0.2) is 0 Å². The largest absolute Gasteiger partial charge is 0.385 e. The maximum atomic E-state index is 11.3. The highest BCUT2D eigenvalue weighted by Gasteiger charge is 1.99. The second kappa shape index (κ2) is 14.7. The number of rotatable bonds is 10. The summed E-state index contributed by atoms with van der Waals surface area (Å²) in [6, 6.07) is 0. The fraction of sp³-hybridized carbons (Fsp3) is 0.909. The predicted molar refractivity (Wildman–Crippen MR) is 68.9 cm³/mol. The van der Waals surface area contributed by atoms with Crippen molar-refractivity contribution < 1.29 is 9.53 Å². The Balaban J connectivity index is 0. The van der Waals surface area contributed by atoms with Crippen molar-refractivity contribution in [1.82, 2.24) is 5.32 Å². The van der Waals surface area contributed by atoms with E-state index in [9.17, 15) is 4.79 Å². The van der Waals surface area contributed by atoms with Crippen LogP contribution in [0.5, 0.6) is 0 Å². The van der Waals surface area contributed by atoms with Crippen LogP contribution in [0.1, 0.15) is 38.5 Å². The third-order valence-electron chi connectivity index (χ3n) is 2.21. The van der Waals surface area contributed by atoms with Crippen LogP contribution in [0.15, 0.2) is 0 Å². The molecule has 0 rings (SSSR count). The van der Waals surface area contributed by atoms with E-state index in [-0.39, 0.29) is 18.3 Å². The van der Waals surface area contributed by atoms with Crippen molar-refractivity contribution in [2.45, 2.75) is 38.5 Å². The first-order chi connectivity index (χ1) is 7.31. The minimum Gasteiger partial charge on any atom is -0.385 e. The summed E-state index contributed by atoms with van der Waals surface area (Å²) in [5.41, 5.74) is 5.37. The van der Waals surface area contributed by atoms with E-state index >= 15 is 0 Å². The lowest BCUT2D eigenvalue weighted by Gasteiger charge is -2.04. The minimum absolute atomic E-state index is 0. The molecule has 0 aliphatic heterocycles. The van der Waals surface area contributed by atoms with Crippen molar-refractivity contribution in [3.63, 3.8) is 0 Å². The fourth-order valence-corrected chi connectivity index (χ4v) is 1.32. The molecule has 0 aromatic rings. The van der Waals surface area contributed by atoms with E-state index in [4.69, 9.17) is 10.5 Å². The first kappa shape index (κ1) is 18.1. The van der Waals surface area contributed by atoms with Gasteiger partial charge in [0, 0.05) is 26.7 Å². The second-order valence-electron chi connectivity index (χ2n) is 3.65. The Hall–Kier alpha value is -0.320. The lowest BCUT2D eigenvalue weighted by atomic mass is 10.1. The standard InChI is InChI=1S/C11H24N2O2.ClH/c1-15-10-6-9-13-11(14)7-4-2-3-5-8-12;/h2-10,12H2,1H3,(H,13,14);1H. The van der Waals surface area contributed by atoms with E-state index in [1.807, 2.05) is 0 Å². The average molecular weight is 253 g/mol. The molecular formula is C11H25ClN2O2. The van der Waals surface area contributed by atoms with Gasteiger partial charge in [0.2, 0.25) is 5.91 Å². The molecule has 0 aliphatic carbocycles. The maximum Gasteiger partial charge on any atom is 0.219 e. The number of amides is 1. The smallest absolute Gasteiger partial charge is 0.219 e. The first-order valence-electron chi connectivity index (χ1n) is 5.77. The summed E-state index contributed by atoms with van der Waals surface area (Å²) in [5, 5.41) is 2.86. The number of unbranched alkanes of at least 4 members (excludes halogenated alkanes) is 3. The van der Waals surface area contributed by atoms with Crippen LogP contribution in [0.4, 0.5) is 0 Å². The molecule has 0 fully saturated rings. The van der Waals surface area contributed by atoms with Crippen molar-refractivity contribution in [2.24, 2.45) is 5.73 Å². The molecule has 0 aromatic heterocycles. The topological polar surface area (TPSA) is 64.3 Å². The van der Waals surface area contributed by atoms with E-state index in [0.717, 1.165) is 45.2 Å².